The molecular weight excluding hydrogens is 379 g/mol. The predicted molar refractivity (Wildman–Crippen MR) is 96.4 cm³/mol. The molecule has 0 unspecified atom stereocenters. The first-order valence-electron chi connectivity index (χ1n) is 7.20. The molecule has 0 aliphatic rings. The maximum absolute atomic E-state index is 12.4. The predicted octanol–water partition coefficient (Wildman–Crippen LogP) is 3.08. The van der Waals surface area contributed by atoms with E-state index in [2.05, 4.69) is 30.6 Å². The quantitative estimate of drug-likeness (QED) is 0.710. The molecule has 0 aromatic carbocycles. The molecule has 8 nitrogen and oxygen atoms in total. The number of amides is 2. The fourth-order valence-electron chi connectivity index (χ4n) is 1.92. The van der Waals surface area contributed by atoms with Gasteiger partial charge in [0.2, 0.25) is 0 Å². The van der Waals surface area contributed by atoms with Crippen molar-refractivity contribution >= 4 is 46.7 Å². The zero-order valence-corrected chi connectivity index (χ0v) is 14.5. The molecule has 26 heavy (non-hydrogen) atoms. The Kier molecular flexibility index (Phi) is 5.35. The van der Waals surface area contributed by atoms with Crippen molar-refractivity contribution in [1.29, 1.82) is 0 Å². The number of rotatable bonds is 4. The lowest BCUT2D eigenvalue weighted by Gasteiger charge is -2.08. The Morgan fingerprint density at radius 3 is 1.46 bits per heavy atom. The molecule has 3 rings (SSSR count). The van der Waals surface area contributed by atoms with E-state index in [1.165, 1.54) is 36.9 Å². The van der Waals surface area contributed by atoms with Gasteiger partial charge >= 0.3 is 0 Å². The molecule has 0 radical (unpaired) electrons. The molecule has 0 fully saturated rings. The van der Waals surface area contributed by atoms with E-state index in [1.54, 1.807) is 12.1 Å². The number of aromatic nitrogens is 4. The molecule has 3 heterocycles. The Morgan fingerprint density at radius 1 is 0.692 bits per heavy atom. The van der Waals surface area contributed by atoms with Gasteiger partial charge in [0.25, 0.3) is 11.8 Å². The highest BCUT2D eigenvalue weighted by molar-refractivity contribution is 6.30. The molecule has 0 aliphatic heterocycles. The van der Waals surface area contributed by atoms with Crippen molar-refractivity contribution in [3.05, 3.63) is 70.5 Å². The lowest BCUT2D eigenvalue weighted by molar-refractivity contribution is 0.0982. The van der Waals surface area contributed by atoms with Crippen LogP contribution in [0.25, 0.3) is 0 Å². The van der Waals surface area contributed by atoms with Crippen LogP contribution in [0.2, 0.25) is 10.0 Å². The highest BCUT2D eigenvalue weighted by Gasteiger charge is 2.21. The average Bonchev–Trinajstić information content (AvgIpc) is 2.65. The van der Waals surface area contributed by atoms with E-state index in [9.17, 15) is 9.59 Å². The van der Waals surface area contributed by atoms with E-state index >= 15 is 0 Å². The van der Waals surface area contributed by atoms with Crippen LogP contribution in [-0.2, 0) is 0 Å². The third-order valence-electron chi connectivity index (χ3n) is 3.07. The summed E-state index contributed by atoms with van der Waals surface area (Å²) in [4.78, 5) is 40.6. The summed E-state index contributed by atoms with van der Waals surface area (Å²) in [6.45, 7) is 0. The van der Waals surface area contributed by atoms with Crippen molar-refractivity contribution in [2.75, 3.05) is 10.6 Å². The van der Waals surface area contributed by atoms with Gasteiger partial charge in [-0.15, -0.1) is 0 Å². The molecule has 0 saturated carbocycles. The standard InChI is InChI=1S/C16H10Cl2N6O2/c17-9-1-3-11(21-7-9)23-15(25)13-14(20-6-5-19-13)16(26)24-12-4-2-10(18)8-22-12/h1-8H,(H,21,23,25)(H,22,24,26). The normalized spacial score (nSPS) is 10.2. The smallest absolute Gasteiger partial charge is 0.277 e. The Morgan fingerprint density at radius 2 is 1.12 bits per heavy atom. The molecule has 0 atom stereocenters. The van der Waals surface area contributed by atoms with E-state index in [0.29, 0.717) is 10.0 Å². The van der Waals surface area contributed by atoms with E-state index in [-0.39, 0.29) is 23.0 Å². The van der Waals surface area contributed by atoms with Gasteiger partial charge in [0.05, 0.1) is 10.0 Å². The van der Waals surface area contributed by atoms with Gasteiger partial charge in [-0.1, -0.05) is 23.2 Å². The van der Waals surface area contributed by atoms with Crippen LogP contribution < -0.4 is 10.6 Å². The molecule has 130 valence electrons. The van der Waals surface area contributed by atoms with E-state index in [4.69, 9.17) is 23.2 Å². The minimum atomic E-state index is -0.637. The van der Waals surface area contributed by atoms with Crippen LogP contribution in [0.5, 0.6) is 0 Å². The van der Waals surface area contributed by atoms with Crippen LogP contribution in [0.1, 0.15) is 21.0 Å². The highest BCUT2D eigenvalue weighted by atomic mass is 35.5. The fourth-order valence-corrected chi connectivity index (χ4v) is 2.14. The average molecular weight is 389 g/mol. The van der Waals surface area contributed by atoms with E-state index in [0.717, 1.165) is 0 Å². The summed E-state index contributed by atoms with van der Waals surface area (Å²) in [6, 6.07) is 6.18. The van der Waals surface area contributed by atoms with Crippen LogP contribution in [0.3, 0.4) is 0 Å². The summed E-state index contributed by atoms with van der Waals surface area (Å²) in [5.41, 5.74) is -0.313. The second-order valence-corrected chi connectivity index (χ2v) is 5.76. The van der Waals surface area contributed by atoms with Crippen LogP contribution in [-0.4, -0.2) is 31.8 Å². The number of hydrogen-bond acceptors (Lipinski definition) is 6. The maximum Gasteiger partial charge on any atom is 0.277 e. The molecule has 2 N–H and O–H groups in total. The number of hydrogen-bond donors (Lipinski definition) is 2. The largest absolute Gasteiger partial charge is 0.305 e. The van der Waals surface area contributed by atoms with E-state index in [1.807, 2.05) is 0 Å². The SMILES string of the molecule is O=C(Nc1ccc(Cl)cn1)c1nccnc1C(=O)Nc1ccc(Cl)cn1. The van der Waals surface area contributed by atoms with Crippen molar-refractivity contribution in [3.63, 3.8) is 0 Å². The number of nitrogens with one attached hydrogen (secondary N) is 2. The Hall–Kier alpha value is -3.10. The van der Waals surface area contributed by atoms with Gasteiger partial charge in [-0.2, -0.15) is 0 Å². The number of nitrogens with zero attached hydrogens (tertiary/aromatic N) is 4. The van der Waals surface area contributed by atoms with Crippen LogP contribution >= 0.6 is 23.2 Å². The summed E-state index contributed by atoms with van der Waals surface area (Å²) in [7, 11) is 0. The minimum Gasteiger partial charge on any atom is -0.305 e. The highest BCUT2D eigenvalue weighted by Crippen LogP contribution is 2.13. The number of pyridine rings is 2. The molecular formula is C16H10Cl2N6O2. The second-order valence-electron chi connectivity index (χ2n) is 4.89. The minimum absolute atomic E-state index is 0.157. The summed E-state index contributed by atoms with van der Waals surface area (Å²) >= 11 is 11.5. The molecule has 2 amide bonds. The van der Waals surface area contributed by atoms with Crippen molar-refractivity contribution in [2.24, 2.45) is 0 Å². The Labute approximate surface area is 157 Å². The third-order valence-corrected chi connectivity index (χ3v) is 3.51. The zero-order valence-electron chi connectivity index (χ0n) is 13.0. The van der Waals surface area contributed by atoms with Crippen molar-refractivity contribution < 1.29 is 9.59 Å². The van der Waals surface area contributed by atoms with Crippen LogP contribution in [0, 0.1) is 0 Å². The molecule has 3 aromatic heterocycles. The Bertz CT molecular complexity index is 869. The monoisotopic (exact) mass is 388 g/mol. The lowest BCUT2D eigenvalue weighted by Crippen LogP contribution is -2.23. The number of carbonyl (C=O) groups is 2. The molecule has 0 aliphatic carbocycles. The molecule has 10 heteroatoms. The summed E-state index contributed by atoms with van der Waals surface area (Å²) in [5.74, 6) is -0.754. The van der Waals surface area contributed by atoms with E-state index < -0.39 is 11.8 Å². The first-order chi connectivity index (χ1) is 12.5. The van der Waals surface area contributed by atoms with Crippen molar-refractivity contribution in [1.82, 2.24) is 19.9 Å². The zero-order chi connectivity index (χ0) is 18.5. The number of carbonyl (C=O) groups excluding carboxylic acids is 2. The van der Waals surface area contributed by atoms with Crippen molar-refractivity contribution in [3.8, 4) is 0 Å². The number of halogens is 2. The van der Waals surface area contributed by atoms with Crippen LogP contribution in [0.4, 0.5) is 11.6 Å². The van der Waals surface area contributed by atoms with Gasteiger partial charge in [-0.05, 0) is 24.3 Å². The first-order valence-corrected chi connectivity index (χ1v) is 7.95. The molecule has 0 bridgehead atoms. The summed E-state index contributed by atoms with van der Waals surface area (Å²) in [6.07, 6.45) is 5.38. The molecule has 3 aromatic rings. The topological polar surface area (TPSA) is 110 Å². The summed E-state index contributed by atoms with van der Waals surface area (Å²) in [5, 5.41) is 5.91. The summed E-state index contributed by atoms with van der Waals surface area (Å²) < 4.78 is 0. The van der Waals surface area contributed by atoms with Crippen LogP contribution in [0.15, 0.2) is 49.1 Å². The van der Waals surface area contributed by atoms with Crippen molar-refractivity contribution in [2.45, 2.75) is 0 Å². The van der Waals surface area contributed by atoms with Gasteiger partial charge in [-0.3, -0.25) is 9.59 Å². The van der Waals surface area contributed by atoms with Gasteiger partial charge in [-0.25, -0.2) is 19.9 Å². The van der Waals surface area contributed by atoms with Gasteiger partial charge in [0.1, 0.15) is 11.6 Å². The first kappa shape index (κ1) is 17.7. The lowest BCUT2D eigenvalue weighted by atomic mass is 10.2. The number of anilines is 2. The van der Waals surface area contributed by atoms with Gasteiger partial charge in [0, 0.05) is 24.8 Å². The molecule has 0 saturated heterocycles. The molecule has 0 spiro atoms. The maximum atomic E-state index is 12.4. The fraction of sp³-hybridized carbons (Fsp3) is 0. The van der Waals surface area contributed by atoms with Gasteiger partial charge in [0.15, 0.2) is 11.4 Å². The second kappa shape index (κ2) is 7.85. The third kappa shape index (κ3) is 4.29. The Balaban J connectivity index is 1.80. The van der Waals surface area contributed by atoms with Gasteiger partial charge < -0.3 is 10.6 Å².